The van der Waals surface area contributed by atoms with E-state index >= 15 is 0 Å². The third-order valence-electron chi connectivity index (χ3n) is 3.35. The van der Waals surface area contributed by atoms with E-state index in [0.717, 1.165) is 30.6 Å². The van der Waals surface area contributed by atoms with Gasteiger partial charge in [-0.05, 0) is 26.2 Å². The van der Waals surface area contributed by atoms with Crippen molar-refractivity contribution in [2.45, 2.75) is 42.9 Å². The second kappa shape index (κ2) is 5.74. The normalized spacial score (nSPS) is 21.7. The number of hydrogen-bond donors (Lipinski definition) is 2. The van der Waals surface area contributed by atoms with Crippen LogP contribution < -0.4 is 5.73 Å². The van der Waals surface area contributed by atoms with E-state index in [1.54, 1.807) is 6.92 Å². The molecule has 2 rings (SSSR count). The fourth-order valence-electron chi connectivity index (χ4n) is 2.48. The summed E-state index contributed by atoms with van der Waals surface area (Å²) in [5.41, 5.74) is 6.04. The van der Waals surface area contributed by atoms with Crippen LogP contribution in [0.5, 0.6) is 0 Å². The van der Waals surface area contributed by atoms with Gasteiger partial charge in [0.1, 0.15) is 0 Å². The largest absolute Gasteiger partial charge is 0.396 e. The van der Waals surface area contributed by atoms with Crippen molar-refractivity contribution in [1.29, 1.82) is 0 Å². The van der Waals surface area contributed by atoms with E-state index in [9.17, 15) is 8.42 Å². The van der Waals surface area contributed by atoms with Crippen LogP contribution in [0.4, 0.5) is 5.13 Å². The second-order valence-corrected chi connectivity index (χ2v) is 7.82. The number of thiazole rings is 1. The lowest BCUT2D eigenvalue weighted by Gasteiger charge is -2.34. The van der Waals surface area contributed by atoms with Crippen molar-refractivity contribution in [3.63, 3.8) is 0 Å². The molecule has 1 aliphatic heterocycles. The third-order valence-corrected chi connectivity index (χ3v) is 6.87. The Bertz CT molecular complexity index is 539. The van der Waals surface area contributed by atoms with Gasteiger partial charge in [-0.15, -0.1) is 0 Å². The van der Waals surface area contributed by atoms with Crippen molar-refractivity contribution >= 4 is 26.5 Å². The van der Waals surface area contributed by atoms with Crippen molar-refractivity contribution in [1.82, 2.24) is 9.29 Å². The summed E-state index contributed by atoms with van der Waals surface area (Å²) in [6.07, 6.45) is 3.13. The van der Waals surface area contributed by atoms with Crippen molar-refractivity contribution in [2.75, 3.05) is 18.9 Å². The number of hydrogen-bond acceptors (Lipinski definition) is 6. The molecule has 19 heavy (non-hydrogen) atoms. The molecule has 0 spiro atoms. The molecule has 0 bridgehead atoms. The Labute approximate surface area is 117 Å². The molecule has 1 aliphatic rings. The maximum Gasteiger partial charge on any atom is 0.254 e. The Morgan fingerprint density at radius 3 is 2.84 bits per heavy atom. The predicted octanol–water partition coefficient (Wildman–Crippen LogP) is 0.959. The summed E-state index contributed by atoms with van der Waals surface area (Å²) >= 11 is 1.01. The first-order valence-corrected chi connectivity index (χ1v) is 8.58. The number of piperidine rings is 1. The van der Waals surface area contributed by atoms with Gasteiger partial charge in [-0.2, -0.15) is 4.31 Å². The van der Waals surface area contributed by atoms with E-state index in [1.165, 1.54) is 4.31 Å². The van der Waals surface area contributed by atoms with Crippen molar-refractivity contribution < 1.29 is 13.5 Å². The van der Waals surface area contributed by atoms with Crippen LogP contribution in [-0.2, 0) is 10.0 Å². The molecule has 6 nitrogen and oxygen atoms in total. The molecule has 0 saturated carbocycles. The number of aryl methyl sites for hydroxylation is 1. The summed E-state index contributed by atoms with van der Waals surface area (Å²) in [4.78, 5) is 3.98. The summed E-state index contributed by atoms with van der Waals surface area (Å²) in [5.74, 6) is 0. The zero-order valence-corrected chi connectivity index (χ0v) is 12.5. The Morgan fingerprint density at radius 2 is 2.26 bits per heavy atom. The van der Waals surface area contributed by atoms with E-state index in [2.05, 4.69) is 4.98 Å². The molecule has 0 aromatic carbocycles. The summed E-state index contributed by atoms with van der Waals surface area (Å²) in [7, 11) is -3.54. The van der Waals surface area contributed by atoms with Gasteiger partial charge in [0.2, 0.25) is 0 Å². The average Bonchev–Trinajstić information content (AvgIpc) is 2.70. The van der Waals surface area contributed by atoms with Gasteiger partial charge in [0, 0.05) is 19.2 Å². The minimum absolute atomic E-state index is 0.000494. The molecule has 1 fully saturated rings. The number of rotatable bonds is 4. The molecule has 1 atom stereocenters. The van der Waals surface area contributed by atoms with E-state index in [-0.39, 0.29) is 22.0 Å². The summed E-state index contributed by atoms with van der Waals surface area (Å²) in [6, 6.07) is -0.119. The van der Waals surface area contributed by atoms with E-state index < -0.39 is 10.0 Å². The molecule has 8 heteroatoms. The molecule has 1 aromatic heterocycles. The van der Waals surface area contributed by atoms with E-state index in [1.807, 2.05) is 0 Å². The maximum atomic E-state index is 12.7. The van der Waals surface area contributed by atoms with Gasteiger partial charge in [-0.3, -0.25) is 0 Å². The van der Waals surface area contributed by atoms with Crippen LogP contribution in [-0.4, -0.2) is 42.0 Å². The topological polar surface area (TPSA) is 96.5 Å². The van der Waals surface area contributed by atoms with Crippen molar-refractivity contribution in [3.05, 3.63) is 5.69 Å². The number of nitrogens with two attached hydrogens (primary N) is 1. The SMILES string of the molecule is Cc1nc(N)sc1S(=O)(=O)N1CCCCC1CCO. The monoisotopic (exact) mass is 305 g/mol. The highest BCUT2D eigenvalue weighted by atomic mass is 32.2. The zero-order chi connectivity index (χ0) is 14.0. The van der Waals surface area contributed by atoms with Crippen LogP contribution in [0.1, 0.15) is 31.4 Å². The second-order valence-electron chi connectivity index (χ2n) is 4.70. The molecule has 2 heterocycles. The van der Waals surface area contributed by atoms with Gasteiger partial charge in [-0.25, -0.2) is 13.4 Å². The van der Waals surface area contributed by atoms with Gasteiger partial charge in [-0.1, -0.05) is 17.8 Å². The molecule has 1 aromatic rings. The quantitative estimate of drug-likeness (QED) is 0.863. The van der Waals surface area contributed by atoms with Crippen LogP contribution in [0, 0.1) is 6.92 Å². The summed E-state index contributed by atoms with van der Waals surface area (Å²) < 4.78 is 27.1. The number of nitrogen functional groups attached to an aromatic ring is 1. The van der Waals surface area contributed by atoms with Gasteiger partial charge >= 0.3 is 0 Å². The molecular weight excluding hydrogens is 286 g/mol. The van der Waals surface area contributed by atoms with Crippen LogP contribution in [0.25, 0.3) is 0 Å². The van der Waals surface area contributed by atoms with Crippen LogP contribution in [0.2, 0.25) is 0 Å². The number of aromatic nitrogens is 1. The predicted molar refractivity (Wildman–Crippen MR) is 74.5 cm³/mol. The van der Waals surface area contributed by atoms with Crippen LogP contribution in [0.3, 0.4) is 0 Å². The molecule has 3 N–H and O–H groups in total. The molecule has 0 amide bonds. The first-order chi connectivity index (χ1) is 8.96. The Kier molecular flexibility index (Phi) is 4.44. The Balaban J connectivity index is 2.34. The van der Waals surface area contributed by atoms with Crippen molar-refractivity contribution in [2.24, 2.45) is 0 Å². The minimum Gasteiger partial charge on any atom is -0.396 e. The first-order valence-electron chi connectivity index (χ1n) is 6.32. The molecule has 0 radical (unpaired) electrons. The standard InChI is InChI=1S/C11H19N3O3S2/c1-8-10(18-11(12)13-8)19(16,17)14-6-3-2-4-9(14)5-7-15/h9,15H,2-7H2,1H3,(H2,12,13). The van der Waals surface area contributed by atoms with E-state index in [0.29, 0.717) is 18.7 Å². The fourth-order valence-corrected chi connectivity index (χ4v) is 5.61. The highest BCUT2D eigenvalue weighted by molar-refractivity contribution is 7.91. The van der Waals surface area contributed by atoms with Crippen LogP contribution in [0.15, 0.2) is 4.21 Å². The number of nitrogens with zero attached hydrogens (tertiary/aromatic N) is 2. The molecule has 0 aliphatic carbocycles. The zero-order valence-electron chi connectivity index (χ0n) is 10.9. The van der Waals surface area contributed by atoms with Gasteiger partial charge in [0.25, 0.3) is 10.0 Å². The maximum absolute atomic E-state index is 12.7. The lowest BCUT2D eigenvalue weighted by Crippen LogP contribution is -2.44. The molecular formula is C11H19N3O3S2. The number of aliphatic hydroxyl groups excluding tert-OH is 1. The van der Waals surface area contributed by atoms with Crippen LogP contribution >= 0.6 is 11.3 Å². The lowest BCUT2D eigenvalue weighted by atomic mass is 10.0. The number of sulfonamides is 1. The third kappa shape index (κ3) is 2.91. The van der Waals surface area contributed by atoms with Gasteiger partial charge < -0.3 is 10.8 Å². The summed E-state index contributed by atoms with van der Waals surface area (Å²) in [6.45, 7) is 2.16. The molecule has 1 unspecified atom stereocenters. The molecule has 1 saturated heterocycles. The summed E-state index contributed by atoms with van der Waals surface area (Å²) in [5, 5.41) is 9.35. The minimum atomic E-state index is -3.54. The Hall–Kier alpha value is -0.700. The highest BCUT2D eigenvalue weighted by Gasteiger charge is 2.35. The van der Waals surface area contributed by atoms with Gasteiger partial charge in [0.05, 0.1) is 5.69 Å². The highest BCUT2D eigenvalue weighted by Crippen LogP contribution is 2.32. The number of aliphatic hydroxyl groups is 1. The van der Waals surface area contributed by atoms with E-state index in [4.69, 9.17) is 10.8 Å². The average molecular weight is 305 g/mol. The fraction of sp³-hybridized carbons (Fsp3) is 0.727. The smallest absolute Gasteiger partial charge is 0.254 e. The lowest BCUT2D eigenvalue weighted by molar-refractivity contribution is 0.192. The Morgan fingerprint density at radius 1 is 1.53 bits per heavy atom. The first kappa shape index (κ1) is 14.7. The molecule has 108 valence electrons. The van der Waals surface area contributed by atoms with Gasteiger partial charge in [0.15, 0.2) is 9.34 Å². The van der Waals surface area contributed by atoms with Crippen molar-refractivity contribution in [3.8, 4) is 0 Å². The number of anilines is 1.